The quantitative estimate of drug-likeness (QED) is 0.864. The van der Waals surface area contributed by atoms with E-state index in [1.165, 1.54) is 25.7 Å². The topological polar surface area (TPSA) is 49.4 Å². The van der Waals surface area contributed by atoms with Crippen molar-refractivity contribution in [1.82, 2.24) is 5.32 Å². The third-order valence-corrected chi connectivity index (χ3v) is 5.22. The van der Waals surface area contributed by atoms with Gasteiger partial charge in [-0.2, -0.15) is 0 Å². The summed E-state index contributed by atoms with van der Waals surface area (Å²) >= 11 is 0. The molecule has 1 aromatic carbocycles. The highest BCUT2D eigenvalue weighted by atomic mass is 16.2. The van der Waals surface area contributed by atoms with E-state index in [0.717, 1.165) is 29.7 Å². The summed E-state index contributed by atoms with van der Waals surface area (Å²) in [5.74, 6) is -0.107. The first-order valence-electron chi connectivity index (χ1n) is 9.22. The molecule has 130 valence electrons. The fourth-order valence-corrected chi connectivity index (χ4v) is 3.98. The standard InChI is InChI=1S/C20H28N2O2/c1-14-9-15(2)11-18(10-14)22-13-16(12-19(22)23)20(24)21-17-7-5-3-4-6-8-17/h9-11,16-17H,3-8,12-13H2,1-2H3,(H,21,24). The highest BCUT2D eigenvalue weighted by Crippen LogP contribution is 2.27. The normalized spacial score (nSPS) is 22.5. The molecule has 0 radical (unpaired) electrons. The molecule has 0 bridgehead atoms. The van der Waals surface area contributed by atoms with Gasteiger partial charge < -0.3 is 10.2 Å². The van der Waals surface area contributed by atoms with Crippen LogP contribution in [-0.4, -0.2) is 24.4 Å². The van der Waals surface area contributed by atoms with Crippen LogP contribution in [0.1, 0.15) is 56.1 Å². The molecule has 3 rings (SSSR count). The number of aryl methyl sites for hydroxylation is 2. The number of amides is 2. The van der Waals surface area contributed by atoms with Crippen molar-refractivity contribution in [2.75, 3.05) is 11.4 Å². The van der Waals surface area contributed by atoms with Crippen molar-refractivity contribution in [2.45, 2.75) is 64.8 Å². The molecule has 1 aliphatic heterocycles. The van der Waals surface area contributed by atoms with Gasteiger partial charge in [-0.05, 0) is 49.9 Å². The molecule has 1 aliphatic carbocycles. The average molecular weight is 328 g/mol. The molecule has 4 heteroatoms. The van der Waals surface area contributed by atoms with Gasteiger partial charge in [0.2, 0.25) is 11.8 Å². The van der Waals surface area contributed by atoms with E-state index >= 15 is 0 Å². The Morgan fingerprint density at radius 1 is 1.04 bits per heavy atom. The second kappa shape index (κ2) is 7.37. The van der Waals surface area contributed by atoms with Gasteiger partial charge in [-0.15, -0.1) is 0 Å². The largest absolute Gasteiger partial charge is 0.353 e. The molecule has 2 amide bonds. The van der Waals surface area contributed by atoms with Gasteiger partial charge in [-0.1, -0.05) is 31.7 Å². The minimum absolute atomic E-state index is 0.0565. The second-order valence-electron chi connectivity index (χ2n) is 7.45. The molecule has 1 N–H and O–H groups in total. The van der Waals surface area contributed by atoms with Crippen LogP contribution in [-0.2, 0) is 9.59 Å². The van der Waals surface area contributed by atoms with Crippen LogP contribution in [0.25, 0.3) is 0 Å². The summed E-state index contributed by atoms with van der Waals surface area (Å²) in [6, 6.07) is 6.44. The molecule has 24 heavy (non-hydrogen) atoms. The molecule has 1 saturated carbocycles. The van der Waals surface area contributed by atoms with Crippen molar-refractivity contribution >= 4 is 17.5 Å². The number of nitrogens with zero attached hydrogens (tertiary/aromatic N) is 1. The third kappa shape index (κ3) is 3.97. The Hall–Kier alpha value is -1.84. The molecule has 1 aromatic rings. The molecular formula is C20H28N2O2. The maximum atomic E-state index is 12.6. The second-order valence-corrected chi connectivity index (χ2v) is 7.45. The van der Waals surface area contributed by atoms with Gasteiger partial charge in [0.25, 0.3) is 0 Å². The summed E-state index contributed by atoms with van der Waals surface area (Å²) in [5.41, 5.74) is 3.20. The van der Waals surface area contributed by atoms with Gasteiger partial charge >= 0.3 is 0 Å². The summed E-state index contributed by atoms with van der Waals surface area (Å²) in [6.45, 7) is 4.57. The fraction of sp³-hybridized carbons (Fsp3) is 0.600. The zero-order valence-corrected chi connectivity index (χ0v) is 14.8. The number of rotatable bonds is 3. The molecule has 1 atom stereocenters. The number of hydrogen-bond donors (Lipinski definition) is 1. The van der Waals surface area contributed by atoms with Crippen LogP contribution in [0, 0.1) is 19.8 Å². The Morgan fingerprint density at radius 3 is 2.29 bits per heavy atom. The van der Waals surface area contributed by atoms with Gasteiger partial charge in [-0.3, -0.25) is 9.59 Å². The lowest BCUT2D eigenvalue weighted by molar-refractivity contribution is -0.127. The minimum Gasteiger partial charge on any atom is -0.353 e. The SMILES string of the molecule is Cc1cc(C)cc(N2CC(C(=O)NC3CCCCCC3)CC2=O)c1. The zero-order chi connectivity index (χ0) is 17.1. The summed E-state index contributed by atoms with van der Waals surface area (Å²) in [6.07, 6.45) is 7.42. The smallest absolute Gasteiger partial charge is 0.227 e. The first kappa shape index (κ1) is 17.0. The average Bonchev–Trinajstić information content (AvgIpc) is 2.74. The molecule has 4 nitrogen and oxygen atoms in total. The monoisotopic (exact) mass is 328 g/mol. The van der Waals surface area contributed by atoms with Gasteiger partial charge in [0, 0.05) is 24.7 Å². The van der Waals surface area contributed by atoms with Crippen LogP contribution in [0.2, 0.25) is 0 Å². The fourth-order valence-electron chi connectivity index (χ4n) is 3.98. The van der Waals surface area contributed by atoms with Crippen molar-refractivity contribution in [1.29, 1.82) is 0 Å². The van der Waals surface area contributed by atoms with Crippen molar-refractivity contribution in [3.63, 3.8) is 0 Å². The van der Waals surface area contributed by atoms with Crippen LogP contribution < -0.4 is 10.2 Å². The summed E-state index contributed by atoms with van der Waals surface area (Å²) in [5, 5.41) is 3.20. The van der Waals surface area contributed by atoms with Gasteiger partial charge in [0.15, 0.2) is 0 Å². The predicted octanol–water partition coefficient (Wildman–Crippen LogP) is 3.50. The molecule has 1 saturated heterocycles. The first-order chi connectivity index (χ1) is 11.5. The van der Waals surface area contributed by atoms with E-state index in [1.54, 1.807) is 4.90 Å². The van der Waals surface area contributed by atoms with E-state index in [-0.39, 0.29) is 17.7 Å². The Morgan fingerprint density at radius 2 is 1.67 bits per heavy atom. The molecule has 0 spiro atoms. The summed E-state index contributed by atoms with van der Waals surface area (Å²) in [4.78, 5) is 26.8. The number of carbonyl (C=O) groups is 2. The number of anilines is 1. The number of carbonyl (C=O) groups excluding carboxylic acids is 2. The molecule has 2 fully saturated rings. The first-order valence-corrected chi connectivity index (χ1v) is 9.22. The lowest BCUT2D eigenvalue weighted by Gasteiger charge is -2.20. The Kier molecular flexibility index (Phi) is 5.22. The van der Waals surface area contributed by atoms with E-state index in [0.29, 0.717) is 19.0 Å². The lowest BCUT2D eigenvalue weighted by atomic mass is 10.0. The Labute approximate surface area is 144 Å². The molecule has 1 heterocycles. The van der Waals surface area contributed by atoms with E-state index in [9.17, 15) is 9.59 Å². The summed E-state index contributed by atoms with van der Waals surface area (Å²) in [7, 11) is 0. The number of nitrogens with one attached hydrogen (secondary N) is 1. The Bertz CT molecular complexity index is 598. The van der Waals surface area contributed by atoms with Crippen molar-refractivity contribution in [2.24, 2.45) is 5.92 Å². The van der Waals surface area contributed by atoms with E-state index in [1.807, 2.05) is 26.0 Å². The van der Waals surface area contributed by atoms with E-state index in [2.05, 4.69) is 11.4 Å². The number of benzene rings is 1. The lowest BCUT2D eigenvalue weighted by Crippen LogP contribution is -2.39. The van der Waals surface area contributed by atoms with Gasteiger partial charge in [0.1, 0.15) is 0 Å². The number of hydrogen-bond acceptors (Lipinski definition) is 2. The highest BCUT2D eigenvalue weighted by Gasteiger charge is 2.35. The van der Waals surface area contributed by atoms with E-state index < -0.39 is 0 Å². The van der Waals surface area contributed by atoms with Gasteiger partial charge in [-0.25, -0.2) is 0 Å². The predicted molar refractivity (Wildman–Crippen MR) is 96.0 cm³/mol. The maximum absolute atomic E-state index is 12.6. The van der Waals surface area contributed by atoms with Crippen molar-refractivity contribution in [3.05, 3.63) is 29.3 Å². The minimum atomic E-state index is -0.221. The molecule has 2 aliphatic rings. The van der Waals surface area contributed by atoms with Crippen LogP contribution in [0.15, 0.2) is 18.2 Å². The van der Waals surface area contributed by atoms with Crippen LogP contribution in [0.4, 0.5) is 5.69 Å². The highest BCUT2D eigenvalue weighted by molar-refractivity contribution is 6.00. The molecule has 0 aromatic heterocycles. The maximum Gasteiger partial charge on any atom is 0.227 e. The van der Waals surface area contributed by atoms with E-state index in [4.69, 9.17) is 0 Å². The molecular weight excluding hydrogens is 300 g/mol. The van der Waals surface area contributed by atoms with Gasteiger partial charge in [0.05, 0.1) is 5.92 Å². The molecule has 1 unspecified atom stereocenters. The van der Waals surface area contributed by atoms with Crippen LogP contribution in [0.3, 0.4) is 0 Å². The van der Waals surface area contributed by atoms with Crippen LogP contribution >= 0.6 is 0 Å². The summed E-state index contributed by atoms with van der Waals surface area (Å²) < 4.78 is 0. The third-order valence-electron chi connectivity index (χ3n) is 5.22. The van der Waals surface area contributed by atoms with Crippen molar-refractivity contribution < 1.29 is 9.59 Å². The Balaban J connectivity index is 1.64. The van der Waals surface area contributed by atoms with Crippen LogP contribution in [0.5, 0.6) is 0 Å². The zero-order valence-electron chi connectivity index (χ0n) is 14.8. The van der Waals surface area contributed by atoms with Crippen molar-refractivity contribution in [3.8, 4) is 0 Å².